The molecule has 0 unspecified atom stereocenters. The number of anilines is 1. The van der Waals surface area contributed by atoms with Gasteiger partial charge in [0.2, 0.25) is 0 Å². The molecule has 1 aliphatic heterocycles. The summed E-state index contributed by atoms with van der Waals surface area (Å²) in [6.07, 6.45) is 1.07. The van der Waals surface area contributed by atoms with Crippen molar-refractivity contribution in [1.82, 2.24) is 5.32 Å². The van der Waals surface area contributed by atoms with Gasteiger partial charge in [0.1, 0.15) is 17.3 Å². The van der Waals surface area contributed by atoms with Crippen LogP contribution in [0.2, 0.25) is 0 Å². The van der Waals surface area contributed by atoms with Gasteiger partial charge in [-0.2, -0.15) is 0 Å². The van der Waals surface area contributed by atoms with Crippen LogP contribution in [0.5, 0.6) is 11.5 Å². The van der Waals surface area contributed by atoms with Crippen LogP contribution >= 0.6 is 0 Å². The second-order valence-electron chi connectivity index (χ2n) is 9.50. The number of carbonyl (C=O) groups is 2. The third-order valence-corrected chi connectivity index (χ3v) is 6.34. The molecule has 0 aromatic heterocycles. The third-order valence-electron chi connectivity index (χ3n) is 6.34. The Balaban J connectivity index is 1.85. The maximum atomic E-state index is 13.6. The normalized spacial score (nSPS) is 19.4. The first-order valence-electron chi connectivity index (χ1n) is 11.2. The number of Topliss-reactive ketones (excluding diaryl/α,β-unsaturated/α-hetero) is 1. The van der Waals surface area contributed by atoms with Gasteiger partial charge in [-0.1, -0.05) is 19.9 Å². The lowest BCUT2D eigenvalue weighted by atomic mass is 9.68. The molecule has 0 fully saturated rings. The molecule has 34 heavy (non-hydrogen) atoms. The van der Waals surface area contributed by atoms with Crippen molar-refractivity contribution in [3.05, 3.63) is 76.4 Å². The fraction of sp³-hybridized carbons (Fsp3) is 0.333. The van der Waals surface area contributed by atoms with Crippen LogP contribution in [0.15, 0.2) is 65.0 Å². The van der Waals surface area contributed by atoms with E-state index in [1.165, 1.54) is 24.3 Å². The minimum absolute atomic E-state index is 0.00111. The number of halogens is 1. The van der Waals surface area contributed by atoms with Crippen LogP contribution in [0, 0.1) is 11.2 Å². The minimum atomic E-state index is -0.624. The highest BCUT2D eigenvalue weighted by atomic mass is 19.1. The predicted molar refractivity (Wildman–Crippen MR) is 128 cm³/mol. The number of hydrogen-bond donors (Lipinski definition) is 2. The highest BCUT2D eigenvalue weighted by Gasteiger charge is 2.43. The minimum Gasteiger partial charge on any atom is -0.497 e. The van der Waals surface area contributed by atoms with Gasteiger partial charge in [0.05, 0.1) is 20.1 Å². The molecule has 1 amide bonds. The Bertz CT molecular complexity index is 1210. The standard InChI is InChI=1S/C27H29FN2O4/c1-15-23(26(32)30-17-8-6-16(28)7-9-17)24(19-11-10-18(33-4)12-22(19)34-5)25-20(29-15)13-27(2,3)14-21(25)31/h6-12,24,29H,13-14H2,1-5H3,(H,30,32)/t24-/m1/s1. The number of carbonyl (C=O) groups excluding carboxylic acids is 2. The molecule has 7 heteroatoms. The van der Waals surface area contributed by atoms with Gasteiger partial charge in [0, 0.05) is 46.3 Å². The number of ketones is 1. The summed E-state index contributed by atoms with van der Waals surface area (Å²) in [4.78, 5) is 27.0. The number of benzene rings is 2. The molecular formula is C27H29FN2O4. The zero-order valence-corrected chi connectivity index (χ0v) is 20.0. The van der Waals surface area contributed by atoms with Crippen molar-refractivity contribution in [2.45, 2.75) is 39.5 Å². The van der Waals surface area contributed by atoms with Crippen LogP contribution in [0.25, 0.3) is 0 Å². The number of rotatable bonds is 5. The summed E-state index contributed by atoms with van der Waals surface area (Å²) in [5, 5.41) is 6.19. The van der Waals surface area contributed by atoms with Crippen LogP contribution in [-0.4, -0.2) is 25.9 Å². The lowest BCUT2D eigenvalue weighted by molar-refractivity contribution is -0.118. The first-order chi connectivity index (χ1) is 16.1. The Morgan fingerprint density at radius 3 is 2.44 bits per heavy atom. The molecule has 178 valence electrons. The maximum absolute atomic E-state index is 13.6. The number of hydrogen-bond acceptors (Lipinski definition) is 5. The molecular weight excluding hydrogens is 435 g/mol. The van der Waals surface area contributed by atoms with Crippen molar-refractivity contribution in [3.63, 3.8) is 0 Å². The van der Waals surface area contributed by atoms with Crippen molar-refractivity contribution in [2.24, 2.45) is 5.41 Å². The molecule has 0 saturated heterocycles. The van der Waals surface area contributed by atoms with E-state index in [0.717, 1.165) is 5.70 Å². The Morgan fingerprint density at radius 2 is 1.79 bits per heavy atom. The zero-order valence-electron chi connectivity index (χ0n) is 20.0. The summed E-state index contributed by atoms with van der Waals surface area (Å²) >= 11 is 0. The van der Waals surface area contributed by atoms with Crippen LogP contribution in [0.1, 0.15) is 45.1 Å². The summed E-state index contributed by atoms with van der Waals surface area (Å²) in [5.74, 6) is -0.252. The van der Waals surface area contributed by atoms with Crippen molar-refractivity contribution >= 4 is 17.4 Å². The van der Waals surface area contributed by atoms with Gasteiger partial charge in [-0.15, -0.1) is 0 Å². The van der Waals surface area contributed by atoms with Crippen molar-refractivity contribution < 1.29 is 23.5 Å². The van der Waals surface area contributed by atoms with Crippen LogP contribution in [0.3, 0.4) is 0 Å². The number of ether oxygens (including phenoxy) is 2. The van der Waals surface area contributed by atoms with Gasteiger partial charge in [0.15, 0.2) is 5.78 Å². The third kappa shape index (κ3) is 4.42. The first-order valence-corrected chi connectivity index (χ1v) is 11.2. The molecule has 2 aromatic rings. The van der Waals surface area contributed by atoms with E-state index in [2.05, 4.69) is 24.5 Å². The quantitative estimate of drug-likeness (QED) is 0.645. The van der Waals surface area contributed by atoms with Crippen molar-refractivity contribution in [3.8, 4) is 11.5 Å². The predicted octanol–water partition coefficient (Wildman–Crippen LogP) is 5.09. The van der Waals surface area contributed by atoms with Crippen molar-refractivity contribution in [1.29, 1.82) is 0 Å². The van der Waals surface area contributed by atoms with Crippen LogP contribution in [0.4, 0.5) is 10.1 Å². The molecule has 4 rings (SSSR count). The largest absolute Gasteiger partial charge is 0.497 e. The maximum Gasteiger partial charge on any atom is 0.254 e. The van der Waals surface area contributed by atoms with Gasteiger partial charge in [-0.05, 0) is 49.1 Å². The SMILES string of the molecule is COc1ccc([C@@H]2C(C(=O)Nc3ccc(F)cc3)=C(C)NC3=C2C(=O)CC(C)(C)C3)c(OC)c1. The summed E-state index contributed by atoms with van der Waals surface area (Å²) in [6.45, 7) is 5.96. The summed E-state index contributed by atoms with van der Waals surface area (Å²) in [6, 6.07) is 11.0. The Hall–Kier alpha value is -3.61. The van der Waals surface area contributed by atoms with E-state index >= 15 is 0 Å². The summed E-state index contributed by atoms with van der Waals surface area (Å²) in [5.41, 5.74) is 3.46. The molecule has 1 aliphatic carbocycles. The molecule has 6 nitrogen and oxygen atoms in total. The topological polar surface area (TPSA) is 76.7 Å². The second-order valence-corrected chi connectivity index (χ2v) is 9.50. The average Bonchev–Trinajstić information content (AvgIpc) is 2.78. The van der Waals surface area contributed by atoms with E-state index in [9.17, 15) is 14.0 Å². The molecule has 1 heterocycles. The van der Waals surface area contributed by atoms with E-state index in [0.29, 0.717) is 52.4 Å². The van der Waals surface area contributed by atoms with Gasteiger partial charge < -0.3 is 20.1 Å². The lowest BCUT2D eigenvalue weighted by Crippen LogP contribution is -2.39. The second kappa shape index (κ2) is 8.97. The highest BCUT2D eigenvalue weighted by Crippen LogP contribution is 2.49. The van der Waals surface area contributed by atoms with Gasteiger partial charge in [0.25, 0.3) is 5.91 Å². The zero-order chi connectivity index (χ0) is 24.6. The Labute approximate surface area is 198 Å². The molecule has 0 saturated carbocycles. The van der Waals surface area contributed by atoms with Crippen LogP contribution < -0.4 is 20.1 Å². The highest BCUT2D eigenvalue weighted by molar-refractivity contribution is 6.10. The number of allylic oxidation sites excluding steroid dienone is 3. The molecule has 2 N–H and O–H groups in total. The summed E-state index contributed by atoms with van der Waals surface area (Å²) < 4.78 is 24.4. The van der Waals surface area contributed by atoms with Gasteiger partial charge >= 0.3 is 0 Å². The van der Waals surface area contributed by atoms with Crippen LogP contribution in [-0.2, 0) is 9.59 Å². The fourth-order valence-electron chi connectivity index (χ4n) is 4.84. The van der Waals surface area contributed by atoms with Gasteiger partial charge in [-0.25, -0.2) is 4.39 Å². The molecule has 2 aromatic carbocycles. The average molecular weight is 465 g/mol. The van der Waals surface area contributed by atoms with E-state index in [-0.39, 0.29) is 17.1 Å². The number of dihydropyridines is 1. The van der Waals surface area contributed by atoms with E-state index < -0.39 is 11.7 Å². The van der Waals surface area contributed by atoms with E-state index in [1.54, 1.807) is 26.4 Å². The Kier molecular flexibility index (Phi) is 6.21. The lowest BCUT2D eigenvalue weighted by Gasteiger charge is -2.40. The number of methoxy groups -OCH3 is 2. The number of nitrogens with one attached hydrogen (secondary N) is 2. The monoisotopic (exact) mass is 464 g/mol. The first kappa shape index (κ1) is 23.5. The van der Waals surface area contributed by atoms with Gasteiger partial charge in [-0.3, -0.25) is 9.59 Å². The van der Waals surface area contributed by atoms with E-state index in [4.69, 9.17) is 9.47 Å². The molecule has 1 atom stereocenters. The molecule has 2 aliphatic rings. The Morgan fingerprint density at radius 1 is 1.09 bits per heavy atom. The summed E-state index contributed by atoms with van der Waals surface area (Å²) in [7, 11) is 3.12. The number of amides is 1. The smallest absolute Gasteiger partial charge is 0.254 e. The molecule has 0 radical (unpaired) electrons. The van der Waals surface area contributed by atoms with Crippen molar-refractivity contribution in [2.75, 3.05) is 19.5 Å². The van der Waals surface area contributed by atoms with E-state index in [1.807, 2.05) is 13.0 Å². The fourth-order valence-corrected chi connectivity index (χ4v) is 4.84. The molecule has 0 bridgehead atoms. The molecule has 0 spiro atoms.